The summed E-state index contributed by atoms with van der Waals surface area (Å²) in [5.41, 5.74) is 1.39. The first-order chi connectivity index (χ1) is 8.83. The number of rotatable bonds is 2. The quantitative estimate of drug-likeness (QED) is 0.824. The van der Waals surface area contributed by atoms with Gasteiger partial charge in [0.05, 0.1) is 25.3 Å². The topological polar surface area (TPSA) is 72.8 Å². The van der Waals surface area contributed by atoms with Crippen LogP contribution in [0.3, 0.4) is 0 Å². The van der Waals surface area contributed by atoms with E-state index in [9.17, 15) is 14.7 Å². The molecule has 1 aromatic carbocycles. The summed E-state index contributed by atoms with van der Waals surface area (Å²) < 4.78 is 9.36. The Kier molecular flexibility index (Phi) is 3.00. The summed E-state index contributed by atoms with van der Waals surface area (Å²) in [5.74, 6) is -1.24. The maximum atomic E-state index is 11.9. The highest BCUT2D eigenvalue weighted by Crippen LogP contribution is 2.48. The summed E-state index contributed by atoms with van der Waals surface area (Å²) in [5, 5.41) is 10.0. The molecule has 0 fully saturated rings. The summed E-state index contributed by atoms with van der Waals surface area (Å²) in [6.45, 7) is 3.93. The molecule has 5 nitrogen and oxygen atoms in total. The van der Waals surface area contributed by atoms with Crippen LogP contribution >= 0.6 is 0 Å². The Hall–Kier alpha value is -2.04. The second-order valence-electron chi connectivity index (χ2n) is 5.22. The highest BCUT2D eigenvalue weighted by atomic mass is 16.5. The van der Waals surface area contributed by atoms with Crippen LogP contribution < -0.4 is 0 Å². The van der Waals surface area contributed by atoms with E-state index in [0.717, 1.165) is 0 Å². The zero-order valence-corrected chi connectivity index (χ0v) is 11.4. The molecule has 19 heavy (non-hydrogen) atoms. The third-order valence-electron chi connectivity index (χ3n) is 3.50. The first-order valence-electron chi connectivity index (χ1n) is 5.89. The van der Waals surface area contributed by atoms with E-state index in [4.69, 9.17) is 4.74 Å². The van der Waals surface area contributed by atoms with Crippen LogP contribution in [0.4, 0.5) is 0 Å². The number of fused-ring (bicyclic) bond motifs is 1. The van der Waals surface area contributed by atoms with Gasteiger partial charge in [-0.05, 0) is 23.5 Å². The molecule has 0 unspecified atom stereocenters. The van der Waals surface area contributed by atoms with E-state index in [0.29, 0.717) is 17.5 Å². The SMILES string of the molecule is COC(=O)c1cc(O)c2c(c1C(=O)OC)CC2(C)C. The van der Waals surface area contributed by atoms with Gasteiger partial charge < -0.3 is 14.6 Å². The standard InChI is InChI=1S/C14H16O5/c1-14(2)6-8-10(13(17)19-4)7(12(16)18-3)5-9(15)11(8)14/h5,15H,6H2,1-4H3. The molecule has 0 amide bonds. The van der Waals surface area contributed by atoms with E-state index in [2.05, 4.69) is 4.74 Å². The lowest BCUT2D eigenvalue weighted by atomic mass is 9.64. The number of hydrogen-bond donors (Lipinski definition) is 1. The van der Waals surface area contributed by atoms with Crippen molar-refractivity contribution in [3.8, 4) is 5.75 Å². The van der Waals surface area contributed by atoms with Crippen LogP contribution in [-0.2, 0) is 21.3 Å². The Morgan fingerprint density at radius 2 is 1.79 bits per heavy atom. The van der Waals surface area contributed by atoms with Crippen molar-refractivity contribution in [3.05, 3.63) is 28.3 Å². The molecule has 0 aliphatic heterocycles. The van der Waals surface area contributed by atoms with Gasteiger partial charge >= 0.3 is 11.9 Å². The maximum absolute atomic E-state index is 11.9. The van der Waals surface area contributed by atoms with Gasteiger partial charge in [-0.25, -0.2) is 9.59 Å². The fraction of sp³-hybridized carbons (Fsp3) is 0.429. The highest BCUT2D eigenvalue weighted by Gasteiger charge is 2.42. The fourth-order valence-corrected chi connectivity index (χ4v) is 2.68. The number of carbonyl (C=O) groups is 2. The molecule has 0 heterocycles. The Balaban J connectivity index is 2.71. The van der Waals surface area contributed by atoms with Crippen molar-refractivity contribution in [2.45, 2.75) is 25.7 Å². The number of aromatic hydroxyl groups is 1. The number of carbonyl (C=O) groups excluding carboxylic acids is 2. The van der Waals surface area contributed by atoms with Gasteiger partial charge in [-0.1, -0.05) is 13.8 Å². The van der Waals surface area contributed by atoms with Crippen LogP contribution in [0.15, 0.2) is 6.07 Å². The summed E-state index contributed by atoms with van der Waals surface area (Å²) in [6, 6.07) is 1.28. The fourth-order valence-electron chi connectivity index (χ4n) is 2.68. The van der Waals surface area contributed by atoms with E-state index >= 15 is 0 Å². The number of phenols is 1. The van der Waals surface area contributed by atoms with Crippen molar-refractivity contribution in [2.75, 3.05) is 14.2 Å². The number of benzene rings is 1. The summed E-state index contributed by atoms with van der Waals surface area (Å²) >= 11 is 0. The Morgan fingerprint density at radius 1 is 1.21 bits per heavy atom. The van der Waals surface area contributed by atoms with Gasteiger partial charge in [0.25, 0.3) is 0 Å². The normalized spacial score (nSPS) is 15.2. The molecule has 0 spiro atoms. The maximum Gasteiger partial charge on any atom is 0.339 e. The number of phenolic OH excluding ortho intramolecular Hbond substituents is 1. The summed E-state index contributed by atoms with van der Waals surface area (Å²) in [7, 11) is 2.48. The van der Waals surface area contributed by atoms with Gasteiger partial charge in [0.1, 0.15) is 5.75 Å². The monoisotopic (exact) mass is 264 g/mol. The summed E-state index contributed by atoms with van der Waals surface area (Å²) in [6.07, 6.45) is 0.602. The zero-order valence-electron chi connectivity index (χ0n) is 11.4. The van der Waals surface area contributed by atoms with E-state index < -0.39 is 11.9 Å². The lowest BCUT2D eigenvalue weighted by Crippen LogP contribution is -2.36. The molecule has 0 radical (unpaired) electrons. The molecule has 0 bridgehead atoms. The van der Waals surface area contributed by atoms with E-state index in [1.807, 2.05) is 13.8 Å². The summed E-state index contributed by atoms with van der Waals surface area (Å²) in [4.78, 5) is 23.6. The molecular formula is C14H16O5. The molecule has 0 saturated carbocycles. The van der Waals surface area contributed by atoms with E-state index in [1.165, 1.54) is 20.3 Å². The molecule has 2 rings (SSSR count). The zero-order chi connectivity index (χ0) is 14.4. The molecule has 1 aliphatic rings. The predicted molar refractivity (Wildman–Crippen MR) is 67.5 cm³/mol. The minimum Gasteiger partial charge on any atom is -0.508 e. The second kappa shape index (κ2) is 4.26. The molecule has 1 N–H and O–H groups in total. The van der Waals surface area contributed by atoms with Crippen molar-refractivity contribution in [1.29, 1.82) is 0 Å². The molecule has 0 atom stereocenters. The van der Waals surface area contributed by atoms with Gasteiger partial charge in [-0.3, -0.25) is 0 Å². The van der Waals surface area contributed by atoms with Crippen molar-refractivity contribution < 1.29 is 24.2 Å². The number of esters is 2. The molecule has 5 heteroatoms. The van der Waals surface area contributed by atoms with Crippen molar-refractivity contribution in [2.24, 2.45) is 0 Å². The number of methoxy groups -OCH3 is 2. The molecule has 0 saturated heterocycles. The molecule has 0 aromatic heterocycles. The molecule has 1 aliphatic carbocycles. The van der Waals surface area contributed by atoms with Gasteiger partial charge in [0, 0.05) is 5.56 Å². The molecule has 1 aromatic rings. The van der Waals surface area contributed by atoms with Gasteiger partial charge in [-0.15, -0.1) is 0 Å². The number of ether oxygens (including phenoxy) is 2. The van der Waals surface area contributed by atoms with Gasteiger partial charge in [0.2, 0.25) is 0 Å². The lowest BCUT2D eigenvalue weighted by molar-refractivity contribution is 0.0552. The van der Waals surface area contributed by atoms with Crippen LogP contribution in [0.5, 0.6) is 5.75 Å². The molecular weight excluding hydrogens is 248 g/mol. The van der Waals surface area contributed by atoms with Crippen molar-refractivity contribution in [3.63, 3.8) is 0 Å². The van der Waals surface area contributed by atoms with Gasteiger partial charge in [-0.2, -0.15) is 0 Å². The van der Waals surface area contributed by atoms with Gasteiger partial charge in [0.15, 0.2) is 0 Å². The van der Waals surface area contributed by atoms with Crippen LogP contribution in [-0.4, -0.2) is 31.3 Å². The average molecular weight is 264 g/mol. The van der Waals surface area contributed by atoms with Crippen LogP contribution in [0, 0.1) is 0 Å². The predicted octanol–water partition coefficient (Wildman–Crippen LogP) is 1.80. The van der Waals surface area contributed by atoms with Crippen molar-refractivity contribution in [1.82, 2.24) is 0 Å². The lowest BCUT2D eigenvalue weighted by Gasteiger charge is -2.40. The third kappa shape index (κ3) is 1.85. The number of hydrogen-bond acceptors (Lipinski definition) is 5. The largest absolute Gasteiger partial charge is 0.508 e. The van der Waals surface area contributed by atoms with E-state index in [-0.39, 0.29) is 22.3 Å². The van der Waals surface area contributed by atoms with Crippen LogP contribution in [0.1, 0.15) is 45.7 Å². The van der Waals surface area contributed by atoms with E-state index in [1.54, 1.807) is 0 Å². The minimum absolute atomic E-state index is 0.0132. The Labute approximate surface area is 111 Å². The minimum atomic E-state index is -0.664. The average Bonchev–Trinajstić information content (AvgIpc) is 2.34. The first kappa shape index (κ1) is 13.4. The molecule has 102 valence electrons. The Bertz CT molecular complexity index is 572. The Morgan fingerprint density at radius 3 is 2.26 bits per heavy atom. The van der Waals surface area contributed by atoms with Crippen LogP contribution in [0.2, 0.25) is 0 Å². The smallest absolute Gasteiger partial charge is 0.339 e. The second-order valence-corrected chi connectivity index (χ2v) is 5.22. The first-order valence-corrected chi connectivity index (χ1v) is 5.89. The van der Waals surface area contributed by atoms with Crippen LogP contribution in [0.25, 0.3) is 0 Å². The third-order valence-corrected chi connectivity index (χ3v) is 3.50. The van der Waals surface area contributed by atoms with Crippen molar-refractivity contribution >= 4 is 11.9 Å². The highest BCUT2D eigenvalue weighted by molar-refractivity contribution is 6.05.